The molecular formula is C26H31NO4. The van der Waals surface area contributed by atoms with Crippen molar-refractivity contribution in [2.24, 2.45) is 11.8 Å². The second-order valence-corrected chi connectivity index (χ2v) is 7.69. The van der Waals surface area contributed by atoms with E-state index in [1.54, 1.807) is 62.8 Å². The number of rotatable bonds is 9. The lowest BCUT2D eigenvalue weighted by atomic mass is 9.72. The smallest absolute Gasteiger partial charge is 0.168 e. The van der Waals surface area contributed by atoms with Crippen LogP contribution in [0.4, 0.5) is 0 Å². The third-order valence-electron chi connectivity index (χ3n) is 6.15. The van der Waals surface area contributed by atoms with Gasteiger partial charge in [-0.15, -0.1) is 0 Å². The number of Topliss-reactive ketones (excluding diaryl/α,β-unsaturated/α-hetero) is 2. The van der Waals surface area contributed by atoms with Crippen LogP contribution in [0.25, 0.3) is 0 Å². The van der Waals surface area contributed by atoms with Crippen LogP contribution < -0.4 is 9.47 Å². The number of hydrogen-bond donors (Lipinski definition) is 0. The summed E-state index contributed by atoms with van der Waals surface area (Å²) < 4.78 is 10.4. The lowest BCUT2D eigenvalue weighted by Crippen LogP contribution is -2.48. The number of carbonyl (C=O) groups is 2. The third-order valence-corrected chi connectivity index (χ3v) is 6.15. The molecule has 0 N–H and O–H groups in total. The van der Waals surface area contributed by atoms with E-state index in [4.69, 9.17) is 9.47 Å². The zero-order valence-electron chi connectivity index (χ0n) is 18.7. The van der Waals surface area contributed by atoms with Crippen LogP contribution in [0, 0.1) is 11.8 Å². The van der Waals surface area contributed by atoms with E-state index < -0.39 is 11.8 Å². The summed E-state index contributed by atoms with van der Waals surface area (Å²) in [5.74, 6) is 0.525. The molecule has 0 bridgehead atoms. The summed E-state index contributed by atoms with van der Waals surface area (Å²) >= 11 is 0. The highest BCUT2D eigenvalue weighted by Gasteiger charge is 2.42. The fraction of sp³-hybridized carbons (Fsp3) is 0.385. The number of carbonyl (C=O) groups excluding carboxylic acids is 2. The van der Waals surface area contributed by atoms with Crippen LogP contribution in [0.5, 0.6) is 11.5 Å². The Morgan fingerprint density at radius 3 is 1.77 bits per heavy atom. The zero-order chi connectivity index (χ0) is 22.4. The largest absolute Gasteiger partial charge is 0.497 e. The average molecular weight is 422 g/mol. The third kappa shape index (κ3) is 4.88. The van der Waals surface area contributed by atoms with E-state index in [1.807, 2.05) is 6.08 Å². The fourth-order valence-electron chi connectivity index (χ4n) is 4.39. The van der Waals surface area contributed by atoms with Gasteiger partial charge in [0.05, 0.1) is 20.1 Å². The van der Waals surface area contributed by atoms with Crippen molar-refractivity contribution in [2.45, 2.75) is 26.3 Å². The predicted octanol–water partition coefficient (Wildman–Crippen LogP) is 4.67. The highest BCUT2D eigenvalue weighted by atomic mass is 16.5. The van der Waals surface area contributed by atoms with Gasteiger partial charge in [-0.3, -0.25) is 14.5 Å². The summed E-state index contributed by atoms with van der Waals surface area (Å²) in [6, 6.07) is 14.2. The van der Waals surface area contributed by atoms with E-state index in [2.05, 4.69) is 24.8 Å². The molecule has 0 amide bonds. The summed E-state index contributed by atoms with van der Waals surface area (Å²) in [6.45, 7) is 5.78. The first-order valence-corrected chi connectivity index (χ1v) is 10.8. The van der Waals surface area contributed by atoms with Crippen molar-refractivity contribution in [2.75, 3.05) is 27.3 Å². The minimum Gasteiger partial charge on any atom is -0.497 e. The van der Waals surface area contributed by atoms with E-state index in [-0.39, 0.29) is 17.6 Å². The first-order valence-electron chi connectivity index (χ1n) is 10.8. The van der Waals surface area contributed by atoms with Crippen LogP contribution >= 0.6 is 0 Å². The molecule has 164 valence electrons. The van der Waals surface area contributed by atoms with Gasteiger partial charge in [-0.05, 0) is 68.0 Å². The summed E-state index contributed by atoms with van der Waals surface area (Å²) in [7, 11) is 3.20. The molecule has 0 spiro atoms. The number of likely N-dealkylation sites (N-methyl/N-ethyl adjacent to an activating group) is 1. The van der Waals surface area contributed by atoms with Crippen LogP contribution in [0.15, 0.2) is 60.7 Å². The number of nitrogens with zero attached hydrogens (tertiary/aromatic N) is 1. The molecule has 1 unspecified atom stereocenters. The highest BCUT2D eigenvalue weighted by molar-refractivity contribution is 6.05. The Kier molecular flexibility index (Phi) is 7.64. The molecule has 5 nitrogen and oxygen atoms in total. The van der Waals surface area contributed by atoms with Crippen molar-refractivity contribution in [3.63, 3.8) is 0 Å². The molecule has 2 aromatic rings. The van der Waals surface area contributed by atoms with Gasteiger partial charge in [0.15, 0.2) is 11.6 Å². The lowest BCUT2D eigenvalue weighted by molar-refractivity contribution is 0.0639. The van der Waals surface area contributed by atoms with E-state index in [9.17, 15) is 9.59 Å². The van der Waals surface area contributed by atoms with Crippen molar-refractivity contribution in [1.29, 1.82) is 0 Å². The SMILES string of the molecule is CCN(CC)C1C=CC[C@@H](C(=O)c2ccc(OC)cc2)[C@@H]1C(=O)c1ccc(OC)cc1. The Morgan fingerprint density at radius 1 is 0.839 bits per heavy atom. The lowest BCUT2D eigenvalue weighted by Gasteiger charge is -2.39. The molecule has 5 heteroatoms. The standard InChI is InChI=1S/C26H31NO4/c1-5-27(6-2)23-9-7-8-22(25(28)18-10-14-20(30-3)15-11-18)24(23)26(29)19-12-16-21(31-4)17-13-19/h7,9-17,22-24H,5-6,8H2,1-4H3/t22-,23?,24+/m1/s1. The molecule has 3 atom stereocenters. The Hall–Kier alpha value is -2.92. The molecule has 0 heterocycles. The van der Waals surface area contributed by atoms with E-state index in [0.717, 1.165) is 13.1 Å². The van der Waals surface area contributed by atoms with Gasteiger partial charge in [-0.2, -0.15) is 0 Å². The molecule has 0 saturated heterocycles. The molecule has 3 rings (SSSR count). The van der Waals surface area contributed by atoms with Gasteiger partial charge in [0, 0.05) is 23.1 Å². The molecule has 2 aromatic carbocycles. The maximum atomic E-state index is 13.7. The van der Waals surface area contributed by atoms with Gasteiger partial charge in [0.25, 0.3) is 0 Å². The van der Waals surface area contributed by atoms with Crippen LogP contribution in [0.2, 0.25) is 0 Å². The summed E-state index contributed by atoms with van der Waals surface area (Å²) in [5.41, 5.74) is 1.21. The molecule has 0 aromatic heterocycles. The molecule has 0 aliphatic heterocycles. The minimum absolute atomic E-state index is 0.00368. The Balaban J connectivity index is 1.99. The molecule has 0 radical (unpaired) electrons. The molecule has 1 aliphatic rings. The van der Waals surface area contributed by atoms with Crippen molar-refractivity contribution >= 4 is 11.6 Å². The number of methoxy groups -OCH3 is 2. The average Bonchev–Trinajstić information content (AvgIpc) is 2.84. The first kappa shape index (κ1) is 22.8. The minimum atomic E-state index is -0.451. The monoisotopic (exact) mass is 421 g/mol. The Labute approximate surface area is 184 Å². The van der Waals surface area contributed by atoms with Crippen molar-refractivity contribution in [3.05, 3.63) is 71.8 Å². The molecular weight excluding hydrogens is 390 g/mol. The van der Waals surface area contributed by atoms with Crippen LogP contribution in [0.3, 0.4) is 0 Å². The van der Waals surface area contributed by atoms with Crippen molar-refractivity contribution < 1.29 is 19.1 Å². The van der Waals surface area contributed by atoms with Gasteiger partial charge in [-0.1, -0.05) is 26.0 Å². The summed E-state index contributed by atoms with van der Waals surface area (Å²) in [5, 5.41) is 0. The molecule has 0 fully saturated rings. The fourth-order valence-corrected chi connectivity index (χ4v) is 4.39. The number of benzene rings is 2. The number of hydrogen-bond acceptors (Lipinski definition) is 5. The predicted molar refractivity (Wildman–Crippen MR) is 122 cm³/mol. The quantitative estimate of drug-likeness (QED) is 0.435. The van der Waals surface area contributed by atoms with Crippen molar-refractivity contribution in [1.82, 2.24) is 4.90 Å². The second-order valence-electron chi connectivity index (χ2n) is 7.69. The van der Waals surface area contributed by atoms with Gasteiger partial charge in [0.2, 0.25) is 0 Å². The van der Waals surface area contributed by atoms with E-state index in [0.29, 0.717) is 29.0 Å². The van der Waals surface area contributed by atoms with Crippen LogP contribution in [0.1, 0.15) is 41.0 Å². The maximum Gasteiger partial charge on any atom is 0.168 e. The number of ether oxygens (including phenoxy) is 2. The zero-order valence-corrected chi connectivity index (χ0v) is 18.7. The van der Waals surface area contributed by atoms with Gasteiger partial charge >= 0.3 is 0 Å². The second kappa shape index (κ2) is 10.4. The molecule has 1 aliphatic carbocycles. The summed E-state index contributed by atoms with van der Waals surface area (Å²) in [4.78, 5) is 29.5. The van der Waals surface area contributed by atoms with Crippen molar-refractivity contribution in [3.8, 4) is 11.5 Å². The van der Waals surface area contributed by atoms with E-state index >= 15 is 0 Å². The van der Waals surface area contributed by atoms with Gasteiger partial charge in [-0.25, -0.2) is 0 Å². The summed E-state index contributed by atoms with van der Waals surface area (Å²) in [6.07, 6.45) is 4.69. The topological polar surface area (TPSA) is 55.8 Å². The van der Waals surface area contributed by atoms with Crippen LogP contribution in [-0.2, 0) is 0 Å². The Bertz CT molecular complexity index is 913. The Morgan fingerprint density at radius 2 is 1.32 bits per heavy atom. The number of allylic oxidation sites excluding steroid dienone is 1. The first-order chi connectivity index (χ1) is 15.0. The maximum absolute atomic E-state index is 13.7. The van der Waals surface area contributed by atoms with Gasteiger partial charge in [0.1, 0.15) is 11.5 Å². The highest BCUT2D eigenvalue weighted by Crippen LogP contribution is 2.35. The number of ketones is 2. The normalized spacial score (nSPS) is 20.5. The van der Waals surface area contributed by atoms with Crippen LogP contribution in [-0.4, -0.2) is 49.8 Å². The van der Waals surface area contributed by atoms with E-state index in [1.165, 1.54) is 0 Å². The molecule has 31 heavy (non-hydrogen) atoms. The van der Waals surface area contributed by atoms with Gasteiger partial charge < -0.3 is 9.47 Å². The molecule has 0 saturated carbocycles.